The molecular formula is C21H26F3N5O3. The maximum Gasteiger partial charge on any atom is 0.453 e. The molecule has 1 aliphatic carbocycles. The quantitative estimate of drug-likeness (QED) is 0.661. The van der Waals surface area contributed by atoms with Crippen LogP contribution in [0.3, 0.4) is 0 Å². The Labute approximate surface area is 183 Å². The lowest BCUT2D eigenvalue weighted by Gasteiger charge is -2.33. The number of carbonyl (C=O) groups excluding carboxylic acids is 2. The van der Waals surface area contributed by atoms with E-state index >= 15 is 0 Å². The van der Waals surface area contributed by atoms with E-state index in [1.54, 1.807) is 18.7 Å². The largest absolute Gasteiger partial charge is 0.467 e. The number of esters is 1. The highest BCUT2D eigenvalue weighted by Gasteiger charge is 2.47. The highest BCUT2D eigenvalue weighted by molar-refractivity contribution is 5.85. The van der Waals surface area contributed by atoms with Crippen molar-refractivity contribution >= 4 is 17.7 Å². The smallest absolute Gasteiger partial charge is 0.453 e. The van der Waals surface area contributed by atoms with Crippen LogP contribution in [0.4, 0.5) is 13.2 Å². The zero-order valence-corrected chi connectivity index (χ0v) is 18.3. The van der Waals surface area contributed by atoms with Crippen LogP contribution >= 0.6 is 0 Å². The number of hydrogen-bond donors (Lipinski definition) is 0. The summed E-state index contributed by atoms with van der Waals surface area (Å²) in [7, 11) is 1.33. The minimum absolute atomic E-state index is 0.0350. The summed E-state index contributed by atoms with van der Waals surface area (Å²) in [5.74, 6) is -1.62. The van der Waals surface area contributed by atoms with Gasteiger partial charge < -0.3 is 9.64 Å². The molecule has 32 heavy (non-hydrogen) atoms. The number of nitrogens with zero attached hydrogens (tertiary/aromatic N) is 5. The van der Waals surface area contributed by atoms with Crippen LogP contribution in [0.5, 0.6) is 0 Å². The molecule has 1 saturated heterocycles. The van der Waals surface area contributed by atoms with Gasteiger partial charge in [-0.3, -0.25) is 4.79 Å². The molecule has 2 aromatic heterocycles. The van der Waals surface area contributed by atoms with Gasteiger partial charge in [0.05, 0.1) is 7.11 Å². The van der Waals surface area contributed by atoms with Gasteiger partial charge >= 0.3 is 12.1 Å². The summed E-state index contributed by atoms with van der Waals surface area (Å²) < 4.78 is 45.0. The van der Waals surface area contributed by atoms with Crippen molar-refractivity contribution in [2.24, 2.45) is 5.92 Å². The molecule has 8 nitrogen and oxygen atoms in total. The van der Waals surface area contributed by atoms with Crippen LogP contribution in [0.2, 0.25) is 0 Å². The number of alkyl halides is 3. The number of aryl methyl sites for hydroxylation is 2. The molecule has 1 saturated carbocycles. The molecule has 0 bridgehead atoms. The van der Waals surface area contributed by atoms with Gasteiger partial charge in [0.15, 0.2) is 0 Å². The van der Waals surface area contributed by atoms with E-state index in [1.807, 2.05) is 0 Å². The molecule has 2 aromatic rings. The first-order valence-corrected chi connectivity index (χ1v) is 10.8. The number of methoxy groups -OCH3 is 1. The van der Waals surface area contributed by atoms with E-state index in [0.29, 0.717) is 29.3 Å². The number of amides is 1. The molecule has 0 N–H and O–H groups in total. The van der Waals surface area contributed by atoms with Crippen molar-refractivity contribution in [3.05, 3.63) is 22.8 Å². The summed E-state index contributed by atoms with van der Waals surface area (Å²) >= 11 is 0. The Balaban J connectivity index is 1.57. The van der Waals surface area contributed by atoms with Gasteiger partial charge in [-0.2, -0.15) is 18.2 Å². The van der Waals surface area contributed by atoms with Crippen LogP contribution in [0.25, 0.3) is 5.78 Å². The lowest BCUT2D eigenvalue weighted by atomic mass is 9.84. The Morgan fingerprint density at radius 3 is 2.56 bits per heavy atom. The van der Waals surface area contributed by atoms with Gasteiger partial charge in [-0.1, -0.05) is 12.8 Å². The van der Waals surface area contributed by atoms with Crippen LogP contribution in [-0.2, 0) is 26.9 Å². The molecule has 11 heteroatoms. The Morgan fingerprint density at radius 2 is 1.88 bits per heavy atom. The lowest BCUT2D eigenvalue weighted by molar-refractivity contribution is -0.152. The number of ether oxygens (including phenoxy) is 1. The maximum atomic E-state index is 13.2. The summed E-state index contributed by atoms with van der Waals surface area (Å²) in [5.41, 5.74) is 1.62. The van der Waals surface area contributed by atoms with Crippen LogP contribution in [-0.4, -0.2) is 55.6 Å². The molecule has 3 unspecified atom stereocenters. The summed E-state index contributed by atoms with van der Waals surface area (Å²) in [6.45, 7) is 3.32. The fourth-order valence-electron chi connectivity index (χ4n) is 5.22. The number of halogens is 3. The van der Waals surface area contributed by atoms with Crippen molar-refractivity contribution in [1.29, 1.82) is 0 Å². The molecule has 1 amide bonds. The van der Waals surface area contributed by atoms with Gasteiger partial charge in [0.25, 0.3) is 11.6 Å². The van der Waals surface area contributed by atoms with E-state index in [-0.39, 0.29) is 30.6 Å². The Bertz CT molecular complexity index is 1050. The molecule has 2 fully saturated rings. The van der Waals surface area contributed by atoms with Crippen LogP contribution in [0.15, 0.2) is 0 Å². The monoisotopic (exact) mass is 453 g/mol. The second-order valence-electron chi connectivity index (χ2n) is 8.59. The Hall–Kier alpha value is -2.72. The van der Waals surface area contributed by atoms with E-state index in [1.165, 1.54) is 7.11 Å². The predicted molar refractivity (Wildman–Crippen MR) is 107 cm³/mol. The van der Waals surface area contributed by atoms with Crippen LogP contribution in [0.1, 0.15) is 61.3 Å². The minimum Gasteiger partial charge on any atom is -0.467 e. The average Bonchev–Trinajstić information content (AvgIpc) is 3.34. The SMILES string of the molecule is COC(=O)C1CC2CCCCC2N1C(=O)CCc1c(C)nc2nc(C(F)(F)F)nn2c1C. The Kier molecular flexibility index (Phi) is 5.85. The van der Waals surface area contributed by atoms with E-state index in [0.717, 1.165) is 30.2 Å². The third-order valence-corrected chi connectivity index (χ3v) is 6.74. The first-order chi connectivity index (χ1) is 15.1. The Morgan fingerprint density at radius 1 is 1.16 bits per heavy atom. The summed E-state index contributed by atoms with van der Waals surface area (Å²) in [6.07, 6.45) is 0.329. The summed E-state index contributed by atoms with van der Waals surface area (Å²) in [4.78, 5) is 34.9. The van der Waals surface area contributed by atoms with Gasteiger partial charge in [-0.15, -0.1) is 5.10 Å². The van der Waals surface area contributed by atoms with Crippen molar-refractivity contribution in [1.82, 2.24) is 24.5 Å². The number of fused-ring (bicyclic) bond motifs is 2. The molecule has 1 aliphatic heterocycles. The van der Waals surface area contributed by atoms with Crippen molar-refractivity contribution in [2.75, 3.05) is 7.11 Å². The summed E-state index contributed by atoms with van der Waals surface area (Å²) in [6, 6.07) is -0.541. The predicted octanol–water partition coefficient (Wildman–Crippen LogP) is 3.03. The van der Waals surface area contributed by atoms with Crippen LogP contribution < -0.4 is 0 Å². The zero-order valence-electron chi connectivity index (χ0n) is 18.3. The fraction of sp³-hybridized carbons (Fsp3) is 0.667. The molecule has 2 aliphatic rings. The lowest BCUT2D eigenvalue weighted by Crippen LogP contribution is -2.46. The number of hydrogen-bond acceptors (Lipinski definition) is 6. The van der Waals surface area contributed by atoms with Gasteiger partial charge in [0.2, 0.25) is 5.91 Å². The number of carbonyl (C=O) groups is 2. The molecule has 0 spiro atoms. The summed E-state index contributed by atoms with van der Waals surface area (Å²) in [5, 5.41) is 3.55. The normalized spacial score (nSPS) is 23.4. The number of rotatable bonds is 4. The second kappa shape index (κ2) is 8.32. The van der Waals surface area contributed by atoms with E-state index in [2.05, 4.69) is 15.1 Å². The molecule has 4 rings (SSSR count). The molecule has 3 heterocycles. The van der Waals surface area contributed by atoms with E-state index in [4.69, 9.17) is 4.74 Å². The first-order valence-electron chi connectivity index (χ1n) is 10.8. The highest BCUT2D eigenvalue weighted by Crippen LogP contribution is 2.40. The maximum absolute atomic E-state index is 13.2. The third-order valence-electron chi connectivity index (χ3n) is 6.74. The zero-order chi connectivity index (χ0) is 23.2. The minimum atomic E-state index is -4.67. The fourth-order valence-corrected chi connectivity index (χ4v) is 5.22. The van der Waals surface area contributed by atoms with Crippen molar-refractivity contribution in [3.63, 3.8) is 0 Å². The highest BCUT2D eigenvalue weighted by atomic mass is 19.4. The molecule has 0 radical (unpaired) electrons. The van der Waals surface area contributed by atoms with Crippen molar-refractivity contribution in [3.8, 4) is 0 Å². The standard InChI is InChI=1S/C21H26F3N5O3/c1-11-14(12(2)29-20(25-11)26-19(27-29)21(22,23)24)8-9-17(30)28-15-7-5-4-6-13(15)10-16(28)18(31)32-3/h13,15-16H,4-10H2,1-3H3. The molecular weight excluding hydrogens is 427 g/mol. The van der Waals surface area contributed by atoms with Gasteiger partial charge in [-0.25, -0.2) is 14.3 Å². The molecule has 174 valence electrons. The van der Waals surface area contributed by atoms with Crippen LogP contribution in [0, 0.1) is 19.8 Å². The van der Waals surface area contributed by atoms with E-state index < -0.39 is 24.0 Å². The van der Waals surface area contributed by atoms with E-state index in [9.17, 15) is 22.8 Å². The average molecular weight is 453 g/mol. The number of likely N-dealkylation sites (tertiary alicyclic amines) is 1. The van der Waals surface area contributed by atoms with Gasteiger partial charge in [0.1, 0.15) is 6.04 Å². The molecule has 3 atom stereocenters. The number of aromatic nitrogens is 4. The third kappa shape index (κ3) is 3.93. The topological polar surface area (TPSA) is 89.7 Å². The van der Waals surface area contributed by atoms with Crippen molar-refractivity contribution in [2.45, 2.75) is 77.1 Å². The second-order valence-corrected chi connectivity index (χ2v) is 8.59. The first kappa shape index (κ1) is 22.5. The van der Waals surface area contributed by atoms with Gasteiger partial charge in [-0.05, 0) is 51.0 Å². The van der Waals surface area contributed by atoms with Crippen molar-refractivity contribution < 1.29 is 27.5 Å². The van der Waals surface area contributed by atoms with Gasteiger partial charge in [0, 0.05) is 23.9 Å². The molecule has 0 aromatic carbocycles.